The number of likely N-dealkylation sites (N-methyl/N-ethyl adjacent to an activating group) is 1. The third-order valence-electron chi connectivity index (χ3n) is 3.62. The van der Waals surface area contributed by atoms with Crippen LogP contribution in [-0.2, 0) is 6.54 Å². The number of benzene rings is 2. The highest BCUT2D eigenvalue weighted by Crippen LogP contribution is 2.33. The van der Waals surface area contributed by atoms with E-state index in [2.05, 4.69) is 4.90 Å². The predicted molar refractivity (Wildman–Crippen MR) is 76.1 cm³/mol. The molecule has 0 saturated carbocycles. The molecule has 0 fully saturated rings. The zero-order valence-electron chi connectivity index (χ0n) is 11.3. The average Bonchev–Trinajstić information content (AvgIpc) is 2.57. The van der Waals surface area contributed by atoms with Crippen LogP contribution in [0.5, 0.6) is 0 Å². The summed E-state index contributed by atoms with van der Waals surface area (Å²) in [5.41, 5.74) is 2.30. The van der Waals surface area contributed by atoms with Crippen molar-refractivity contribution in [3.8, 4) is 0 Å². The summed E-state index contributed by atoms with van der Waals surface area (Å²) in [5, 5.41) is 0. The fourth-order valence-corrected chi connectivity index (χ4v) is 2.63. The Labute approximate surface area is 117 Å². The van der Waals surface area contributed by atoms with Gasteiger partial charge >= 0.3 is 0 Å². The highest BCUT2D eigenvalue weighted by atomic mass is 19.1. The second kappa shape index (κ2) is 5.21. The third-order valence-corrected chi connectivity index (χ3v) is 3.62. The van der Waals surface area contributed by atoms with Gasteiger partial charge in [-0.2, -0.15) is 0 Å². The number of nitrogens with zero attached hydrogens (tertiary/aromatic N) is 2. The van der Waals surface area contributed by atoms with E-state index in [1.54, 1.807) is 18.2 Å². The van der Waals surface area contributed by atoms with Crippen molar-refractivity contribution in [1.29, 1.82) is 0 Å². The number of anilines is 2. The van der Waals surface area contributed by atoms with Crippen LogP contribution >= 0.6 is 0 Å². The van der Waals surface area contributed by atoms with Gasteiger partial charge in [0.1, 0.15) is 11.6 Å². The summed E-state index contributed by atoms with van der Waals surface area (Å²) in [6.45, 7) is 2.14. The highest BCUT2D eigenvalue weighted by Gasteiger charge is 2.21. The van der Waals surface area contributed by atoms with Crippen molar-refractivity contribution in [3.63, 3.8) is 0 Å². The smallest absolute Gasteiger partial charge is 0.146 e. The maximum atomic E-state index is 14.0. The van der Waals surface area contributed by atoms with Crippen molar-refractivity contribution in [2.24, 2.45) is 0 Å². The SMILES string of the molecule is CN1CCN(c2ccccc2F)c2ccc(F)cc2C1. The Hall–Kier alpha value is -1.94. The van der Waals surface area contributed by atoms with Crippen molar-refractivity contribution in [3.05, 3.63) is 59.7 Å². The largest absolute Gasteiger partial charge is 0.338 e. The summed E-state index contributed by atoms with van der Waals surface area (Å²) < 4.78 is 27.5. The van der Waals surface area contributed by atoms with Crippen molar-refractivity contribution in [1.82, 2.24) is 4.90 Å². The molecule has 0 amide bonds. The van der Waals surface area contributed by atoms with Gasteiger partial charge in [-0.15, -0.1) is 0 Å². The summed E-state index contributed by atoms with van der Waals surface area (Å²) in [6.07, 6.45) is 0. The van der Waals surface area contributed by atoms with Crippen LogP contribution in [0.15, 0.2) is 42.5 Å². The molecule has 2 aromatic carbocycles. The summed E-state index contributed by atoms with van der Waals surface area (Å²) in [6, 6.07) is 11.4. The van der Waals surface area contributed by atoms with Crippen LogP contribution in [0.3, 0.4) is 0 Å². The van der Waals surface area contributed by atoms with E-state index in [1.807, 2.05) is 18.0 Å². The van der Waals surface area contributed by atoms with Gasteiger partial charge in [-0.3, -0.25) is 0 Å². The van der Waals surface area contributed by atoms with Gasteiger partial charge in [0.25, 0.3) is 0 Å². The Morgan fingerprint density at radius 2 is 1.75 bits per heavy atom. The number of halogens is 2. The van der Waals surface area contributed by atoms with E-state index < -0.39 is 0 Å². The summed E-state index contributed by atoms with van der Waals surface area (Å²) >= 11 is 0. The van der Waals surface area contributed by atoms with E-state index in [0.29, 0.717) is 18.8 Å². The minimum atomic E-state index is -0.257. The number of para-hydroxylation sites is 1. The lowest BCUT2D eigenvalue weighted by Gasteiger charge is -2.25. The van der Waals surface area contributed by atoms with E-state index in [0.717, 1.165) is 17.8 Å². The number of hydrogen-bond donors (Lipinski definition) is 0. The molecule has 104 valence electrons. The molecule has 1 heterocycles. The summed E-state index contributed by atoms with van der Waals surface area (Å²) in [4.78, 5) is 4.03. The Morgan fingerprint density at radius 3 is 2.55 bits per heavy atom. The Bertz CT molecular complexity index is 628. The van der Waals surface area contributed by atoms with Gasteiger partial charge in [0, 0.05) is 25.3 Å². The Morgan fingerprint density at radius 1 is 0.950 bits per heavy atom. The molecule has 0 spiro atoms. The molecule has 0 radical (unpaired) electrons. The van der Waals surface area contributed by atoms with Crippen LogP contribution in [0, 0.1) is 11.6 Å². The third kappa shape index (κ3) is 2.39. The number of hydrogen-bond acceptors (Lipinski definition) is 2. The predicted octanol–water partition coefficient (Wildman–Crippen LogP) is 3.55. The zero-order chi connectivity index (χ0) is 14.1. The summed E-state index contributed by atoms with van der Waals surface area (Å²) in [5.74, 6) is -0.514. The second-order valence-electron chi connectivity index (χ2n) is 5.11. The van der Waals surface area contributed by atoms with Crippen LogP contribution in [0.1, 0.15) is 5.56 Å². The molecule has 0 N–H and O–H groups in total. The Kier molecular flexibility index (Phi) is 3.40. The van der Waals surface area contributed by atoms with Crippen LogP contribution in [0.25, 0.3) is 0 Å². The minimum Gasteiger partial charge on any atom is -0.338 e. The first-order valence-corrected chi connectivity index (χ1v) is 6.64. The van der Waals surface area contributed by atoms with E-state index in [4.69, 9.17) is 0 Å². The lowest BCUT2D eigenvalue weighted by Crippen LogP contribution is -2.26. The first kappa shape index (κ1) is 13.1. The van der Waals surface area contributed by atoms with Gasteiger partial charge in [0.2, 0.25) is 0 Å². The topological polar surface area (TPSA) is 6.48 Å². The molecule has 1 aliphatic rings. The zero-order valence-corrected chi connectivity index (χ0v) is 11.3. The molecular formula is C16H16F2N2. The van der Waals surface area contributed by atoms with Gasteiger partial charge < -0.3 is 9.80 Å². The van der Waals surface area contributed by atoms with E-state index in [9.17, 15) is 8.78 Å². The molecular weight excluding hydrogens is 258 g/mol. The molecule has 3 rings (SSSR count). The number of fused-ring (bicyclic) bond motifs is 1. The highest BCUT2D eigenvalue weighted by molar-refractivity contribution is 5.67. The molecule has 0 saturated heterocycles. The van der Waals surface area contributed by atoms with Crippen molar-refractivity contribution in [2.75, 3.05) is 25.0 Å². The second-order valence-corrected chi connectivity index (χ2v) is 5.11. The maximum Gasteiger partial charge on any atom is 0.146 e. The molecule has 2 nitrogen and oxygen atoms in total. The first-order valence-electron chi connectivity index (χ1n) is 6.64. The molecule has 0 atom stereocenters. The van der Waals surface area contributed by atoms with Crippen LogP contribution in [-0.4, -0.2) is 25.0 Å². The van der Waals surface area contributed by atoms with Crippen molar-refractivity contribution >= 4 is 11.4 Å². The van der Waals surface area contributed by atoms with Gasteiger partial charge in [-0.25, -0.2) is 8.78 Å². The minimum absolute atomic E-state index is 0.257. The standard InChI is InChI=1S/C16H16F2N2/c1-19-8-9-20(16-5-3-2-4-14(16)18)15-7-6-13(17)10-12(15)11-19/h2-7,10H,8-9,11H2,1H3. The first-order chi connectivity index (χ1) is 9.65. The molecule has 2 aromatic rings. The van der Waals surface area contributed by atoms with Crippen molar-refractivity contribution < 1.29 is 8.78 Å². The van der Waals surface area contributed by atoms with Gasteiger partial charge in [0.15, 0.2) is 0 Å². The quantitative estimate of drug-likeness (QED) is 0.784. The molecule has 0 aliphatic carbocycles. The summed E-state index contributed by atoms with van der Waals surface area (Å²) in [7, 11) is 1.99. The monoisotopic (exact) mass is 274 g/mol. The van der Waals surface area contributed by atoms with Crippen LogP contribution < -0.4 is 4.90 Å². The Balaban J connectivity index is 2.11. The molecule has 0 unspecified atom stereocenters. The average molecular weight is 274 g/mol. The normalized spacial score (nSPS) is 15.8. The maximum absolute atomic E-state index is 14.0. The van der Waals surface area contributed by atoms with E-state index in [-0.39, 0.29) is 11.6 Å². The molecule has 20 heavy (non-hydrogen) atoms. The fraction of sp³-hybridized carbons (Fsp3) is 0.250. The lowest BCUT2D eigenvalue weighted by atomic mass is 10.1. The van der Waals surface area contributed by atoms with Gasteiger partial charge in [-0.1, -0.05) is 12.1 Å². The van der Waals surface area contributed by atoms with Crippen LogP contribution in [0.2, 0.25) is 0 Å². The van der Waals surface area contributed by atoms with E-state index in [1.165, 1.54) is 18.2 Å². The fourth-order valence-electron chi connectivity index (χ4n) is 2.63. The van der Waals surface area contributed by atoms with Crippen LogP contribution in [0.4, 0.5) is 20.2 Å². The van der Waals surface area contributed by atoms with Crippen molar-refractivity contribution in [2.45, 2.75) is 6.54 Å². The molecule has 4 heteroatoms. The lowest BCUT2D eigenvalue weighted by molar-refractivity contribution is 0.343. The van der Waals surface area contributed by atoms with E-state index >= 15 is 0 Å². The molecule has 0 aromatic heterocycles. The molecule has 1 aliphatic heterocycles. The molecule has 0 bridgehead atoms. The number of rotatable bonds is 1. The van der Waals surface area contributed by atoms with Gasteiger partial charge in [0.05, 0.1) is 5.69 Å². The van der Waals surface area contributed by atoms with Gasteiger partial charge in [-0.05, 0) is 42.9 Å².